The molecule has 4 unspecified atom stereocenters. The summed E-state index contributed by atoms with van der Waals surface area (Å²) < 4.78 is 6.09. The van der Waals surface area contributed by atoms with Crippen LogP contribution >= 0.6 is 0 Å². The van der Waals surface area contributed by atoms with Gasteiger partial charge < -0.3 is 10.5 Å². The summed E-state index contributed by atoms with van der Waals surface area (Å²) in [6.07, 6.45) is 5.66. The van der Waals surface area contributed by atoms with E-state index in [1.165, 1.54) is 31.2 Å². The molecular formula is C17H23NO. The fourth-order valence-electron chi connectivity index (χ4n) is 4.35. The van der Waals surface area contributed by atoms with Gasteiger partial charge in [-0.1, -0.05) is 30.3 Å². The first-order valence-electron chi connectivity index (χ1n) is 7.72. The van der Waals surface area contributed by atoms with Crippen molar-refractivity contribution in [2.75, 3.05) is 13.2 Å². The second-order valence-corrected chi connectivity index (χ2v) is 6.68. The summed E-state index contributed by atoms with van der Waals surface area (Å²) >= 11 is 0. The molecule has 1 aliphatic heterocycles. The second-order valence-electron chi connectivity index (χ2n) is 6.68. The van der Waals surface area contributed by atoms with Gasteiger partial charge in [0.15, 0.2) is 0 Å². The normalized spacial score (nSPS) is 41.4. The van der Waals surface area contributed by atoms with Crippen LogP contribution in [-0.4, -0.2) is 19.3 Å². The van der Waals surface area contributed by atoms with E-state index in [1.54, 1.807) is 0 Å². The highest BCUT2D eigenvalue weighted by atomic mass is 16.5. The number of ether oxygens (including phenoxy) is 1. The van der Waals surface area contributed by atoms with Gasteiger partial charge in [-0.15, -0.1) is 0 Å². The van der Waals surface area contributed by atoms with Crippen molar-refractivity contribution in [1.82, 2.24) is 0 Å². The van der Waals surface area contributed by atoms with Crippen molar-refractivity contribution in [3.8, 4) is 0 Å². The third kappa shape index (κ3) is 1.85. The van der Waals surface area contributed by atoms with Gasteiger partial charge in [0.05, 0.1) is 6.10 Å². The maximum absolute atomic E-state index is 6.23. The minimum atomic E-state index is 0.279. The van der Waals surface area contributed by atoms with Crippen LogP contribution in [0.4, 0.5) is 0 Å². The topological polar surface area (TPSA) is 35.2 Å². The van der Waals surface area contributed by atoms with Gasteiger partial charge in [-0.3, -0.25) is 0 Å². The van der Waals surface area contributed by atoms with Crippen LogP contribution in [0.25, 0.3) is 0 Å². The van der Waals surface area contributed by atoms with Gasteiger partial charge in [0.1, 0.15) is 0 Å². The summed E-state index contributed by atoms with van der Waals surface area (Å²) in [6.45, 7) is 1.73. The van der Waals surface area contributed by atoms with Gasteiger partial charge in [0, 0.05) is 18.6 Å². The van der Waals surface area contributed by atoms with Crippen LogP contribution in [0.15, 0.2) is 30.3 Å². The highest BCUT2D eigenvalue weighted by Crippen LogP contribution is 2.63. The van der Waals surface area contributed by atoms with Crippen LogP contribution in [0.5, 0.6) is 0 Å². The Labute approximate surface area is 115 Å². The molecule has 2 N–H and O–H groups in total. The van der Waals surface area contributed by atoms with E-state index in [4.69, 9.17) is 10.5 Å². The zero-order valence-corrected chi connectivity index (χ0v) is 11.4. The molecular weight excluding hydrogens is 234 g/mol. The summed E-state index contributed by atoms with van der Waals surface area (Å²) in [6, 6.07) is 11.0. The predicted octanol–water partition coefficient (Wildman–Crippen LogP) is 2.93. The monoisotopic (exact) mass is 257 g/mol. The van der Waals surface area contributed by atoms with Gasteiger partial charge in [0.2, 0.25) is 0 Å². The standard InChI is InChI=1S/C17H23NO/c18-11-17(8-9-19-16(17)13-6-7-13)15-10-14(15)12-4-2-1-3-5-12/h1-5,13-16H,6-11,18H2. The predicted molar refractivity (Wildman–Crippen MR) is 75.9 cm³/mol. The average Bonchev–Trinajstić information content (AvgIpc) is 3.38. The maximum atomic E-state index is 6.23. The zero-order valence-electron chi connectivity index (χ0n) is 11.4. The van der Waals surface area contributed by atoms with E-state index >= 15 is 0 Å². The van der Waals surface area contributed by atoms with Crippen molar-refractivity contribution in [2.45, 2.75) is 37.7 Å². The zero-order chi connectivity index (χ0) is 12.9. The molecule has 2 nitrogen and oxygen atoms in total. The van der Waals surface area contributed by atoms with E-state index in [-0.39, 0.29) is 5.41 Å². The Hall–Kier alpha value is -0.860. The molecule has 3 fully saturated rings. The highest BCUT2D eigenvalue weighted by molar-refractivity contribution is 5.28. The summed E-state index contributed by atoms with van der Waals surface area (Å²) in [5.41, 5.74) is 8.01. The lowest BCUT2D eigenvalue weighted by Gasteiger charge is -2.34. The van der Waals surface area contributed by atoms with E-state index in [1.807, 2.05) is 0 Å². The van der Waals surface area contributed by atoms with Crippen molar-refractivity contribution < 1.29 is 4.74 Å². The van der Waals surface area contributed by atoms with Gasteiger partial charge in [-0.25, -0.2) is 0 Å². The summed E-state index contributed by atoms with van der Waals surface area (Å²) in [7, 11) is 0. The molecule has 0 spiro atoms. The molecule has 1 aromatic rings. The first-order valence-corrected chi connectivity index (χ1v) is 7.72. The van der Waals surface area contributed by atoms with E-state index in [0.29, 0.717) is 6.10 Å². The van der Waals surface area contributed by atoms with Gasteiger partial charge in [0.25, 0.3) is 0 Å². The Kier molecular flexibility index (Phi) is 2.71. The molecule has 1 heterocycles. The lowest BCUT2D eigenvalue weighted by molar-refractivity contribution is 0.0230. The molecule has 0 aromatic heterocycles. The number of hydrogen-bond donors (Lipinski definition) is 1. The fraction of sp³-hybridized carbons (Fsp3) is 0.647. The van der Waals surface area contributed by atoms with Crippen molar-refractivity contribution in [2.24, 2.45) is 23.0 Å². The molecule has 4 rings (SSSR count). The minimum absolute atomic E-state index is 0.279. The first-order chi connectivity index (χ1) is 9.35. The summed E-state index contributed by atoms with van der Waals surface area (Å²) in [4.78, 5) is 0. The molecule has 1 saturated heterocycles. The first kappa shape index (κ1) is 11.9. The molecule has 4 atom stereocenters. The molecule has 3 aliphatic rings. The van der Waals surface area contributed by atoms with Gasteiger partial charge in [-0.2, -0.15) is 0 Å². The number of nitrogens with two attached hydrogens (primary N) is 1. The number of benzene rings is 1. The third-order valence-electron chi connectivity index (χ3n) is 5.62. The van der Waals surface area contributed by atoms with Crippen LogP contribution in [0.1, 0.15) is 37.2 Å². The minimum Gasteiger partial charge on any atom is -0.377 e. The van der Waals surface area contributed by atoms with Crippen LogP contribution < -0.4 is 5.73 Å². The Balaban J connectivity index is 1.57. The number of rotatable bonds is 4. The van der Waals surface area contributed by atoms with E-state index < -0.39 is 0 Å². The van der Waals surface area contributed by atoms with Crippen molar-refractivity contribution in [1.29, 1.82) is 0 Å². The Morgan fingerprint density at radius 2 is 2.00 bits per heavy atom. The molecule has 2 aliphatic carbocycles. The maximum Gasteiger partial charge on any atom is 0.0675 e. The molecule has 1 aromatic carbocycles. The van der Waals surface area contributed by atoms with E-state index in [2.05, 4.69) is 30.3 Å². The lowest BCUT2D eigenvalue weighted by Crippen LogP contribution is -2.42. The smallest absolute Gasteiger partial charge is 0.0675 e. The molecule has 102 valence electrons. The van der Waals surface area contributed by atoms with Gasteiger partial charge in [-0.05, 0) is 49.0 Å². The number of hydrogen-bond acceptors (Lipinski definition) is 2. The Morgan fingerprint density at radius 1 is 1.21 bits per heavy atom. The van der Waals surface area contributed by atoms with Crippen LogP contribution in [-0.2, 0) is 4.74 Å². The average molecular weight is 257 g/mol. The molecule has 19 heavy (non-hydrogen) atoms. The summed E-state index contributed by atoms with van der Waals surface area (Å²) in [5.74, 6) is 2.30. The lowest BCUT2D eigenvalue weighted by atomic mass is 9.73. The molecule has 0 amide bonds. The van der Waals surface area contributed by atoms with Gasteiger partial charge >= 0.3 is 0 Å². The second kappa shape index (κ2) is 4.32. The molecule has 0 radical (unpaired) electrons. The van der Waals surface area contributed by atoms with Crippen LogP contribution in [0, 0.1) is 17.3 Å². The fourth-order valence-corrected chi connectivity index (χ4v) is 4.35. The molecule has 0 bridgehead atoms. The van der Waals surface area contributed by atoms with Crippen LogP contribution in [0.3, 0.4) is 0 Å². The third-order valence-corrected chi connectivity index (χ3v) is 5.62. The largest absolute Gasteiger partial charge is 0.377 e. The quantitative estimate of drug-likeness (QED) is 0.900. The van der Waals surface area contributed by atoms with Crippen molar-refractivity contribution in [3.05, 3.63) is 35.9 Å². The highest BCUT2D eigenvalue weighted by Gasteiger charge is 2.61. The van der Waals surface area contributed by atoms with Crippen LogP contribution in [0.2, 0.25) is 0 Å². The van der Waals surface area contributed by atoms with Crippen molar-refractivity contribution >= 4 is 0 Å². The molecule has 2 saturated carbocycles. The molecule has 2 heteroatoms. The summed E-state index contributed by atoms with van der Waals surface area (Å²) in [5, 5.41) is 0. The Morgan fingerprint density at radius 3 is 2.68 bits per heavy atom. The van der Waals surface area contributed by atoms with Crippen molar-refractivity contribution in [3.63, 3.8) is 0 Å². The van der Waals surface area contributed by atoms with E-state index in [0.717, 1.165) is 30.9 Å². The van der Waals surface area contributed by atoms with E-state index in [9.17, 15) is 0 Å². The Bertz CT molecular complexity index is 456. The SMILES string of the molecule is NCC1(C2CC2c2ccccc2)CCOC1C1CC1.